The molecule has 0 aromatic heterocycles. The molecule has 0 amide bonds. The molecular formula is C13H19F2NO. The summed E-state index contributed by atoms with van der Waals surface area (Å²) in [5.74, 6) is -1.06. The van der Waals surface area contributed by atoms with Crippen LogP contribution in [0.2, 0.25) is 0 Å². The van der Waals surface area contributed by atoms with Crippen LogP contribution in [-0.4, -0.2) is 19.8 Å². The Bertz CT molecular complexity index is 342. The van der Waals surface area contributed by atoms with Crippen LogP contribution >= 0.6 is 0 Å². The quantitative estimate of drug-likeness (QED) is 0.741. The van der Waals surface area contributed by atoms with Gasteiger partial charge in [-0.3, -0.25) is 0 Å². The molecule has 0 saturated carbocycles. The summed E-state index contributed by atoms with van der Waals surface area (Å²) in [6.07, 6.45) is 1.01. The predicted octanol–water partition coefficient (Wildman–Crippen LogP) is 3.44. The molecule has 17 heavy (non-hydrogen) atoms. The number of benzene rings is 1. The highest BCUT2D eigenvalue weighted by molar-refractivity contribution is 5.44. The molecular weight excluding hydrogens is 224 g/mol. The average Bonchev–Trinajstić information content (AvgIpc) is 2.28. The van der Waals surface area contributed by atoms with Gasteiger partial charge in [0, 0.05) is 13.2 Å². The van der Waals surface area contributed by atoms with E-state index in [4.69, 9.17) is 4.74 Å². The molecule has 0 saturated heterocycles. The topological polar surface area (TPSA) is 21.3 Å². The van der Waals surface area contributed by atoms with Gasteiger partial charge in [0.25, 0.3) is 0 Å². The van der Waals surface area contributed by atoms with Crippen molar-refractivity contribution >= 4 is 5.69 Å². The molecule has 0 aliphatic carbocycles. The summed E-state index contributed by atoms with van der Waals surface area (Å²) >= 11 is 0. The number of rotatable bonds is 7. The Morgan fingerprint density at radius 3 is 2.71 bits per heavy atom. The maximum absolute atomic E-state index is 13.2. The van der Waals surface area contributed by atoms with Gasteiger partial charge in [0.1, 0.15) is 0 Å². The van der Waals surface area contributed by atoms with Crippen molar-refractivity contribution in [2.75, 3.05) is 25.1 Å². The van der Waals surface area contributed by atoms with Crippen LogP contribution in [0.25, 0.3) is 0 Å². The summed E-state index contributed by atoms with van der Waals surface area (Å²) in [6.45, 7) is 5.92. The van der Waals surface area contributed by atoms with E-state index in [0.29, 0.717) is 25.7 Å². The second kappa shape index (κ2) is 7.22. The largest absolute Gasteiger partial charge is 0.380 e. The maximum Gasteiger partial charge on any atom is 0.181 e. The minimum absolute atomic E-state index is 0.178. The molecule has 0 radical (unpaired) electrons. The Hall–Kier alpha value is -1.16. The number of ether oxygens (including phenoxy) is 1. The van der Waals surface area contributed by atoms with Gasteiger partial charge in [-0.2, -0.15) is 0 Å². The number of nitrogens with one attached hydrogen (secondary N) is 1. The van der Waals surface area contributed by atoms with Crippen molar-refractivity contribution in [2.45, 2.75) is 20.3 Å². The van der Waals surface area contributed by atoms with Gasteiger partial charge in [0.15, 0.2) is 11.6 Å². The Morgan fingerprint density at radius 1 is 1.24 bits per heavy atom. The molecule has 1 aromatic rings. The summed E-state index contributed by atoms with van der Waals surface area (Å²) in [7, 11) is 0. The molecule has 0 aliphatic rings. The van der Waals surface area contributed by atoms with Crippen molar-refractivity contribution < 1.29 is 13.5 Å². The zero-order chi connectivity index (χ0) is 12.7. The van der Waals surface area contributed by atoms with Crippen LogP contribution in [0.5, 0.6) is 0 Å². The minimum atomic E-state index is -0.838. The highest BCUT2D eigenvalue weighted by atomic mass is 19.2. The fraction of sp³-hybridized carbons (Fsp3) is 0.538. The van der Waals surface area contributed by atoms with E-state index in [1.807, 2.05) is 0 Å². The first kappa shape index (κ1) is 13.9. The van der Waals surface area contributed by atoms with E-state index in [0.717, 1.165) is 12.5 Å². The molecule has 96 valence electrons. The molecule has 0 atom stereocenters. The van der Waals surface area contributed by atoms with Gasteiger partial charge in [-0.25, -0.2) is 8.78 Å². The van der Waals surface area contributed by atoms with Crippen LogP contribution in [0.15, 0.2) is 18.2 Å². The van der Waals surface area contributed by atoms with E-state index in [9.17, 15) is 8.78 Å². The van der Waals surface area contributed by atoms with Crippen LogP contribution in [0.3, 0.4) is 0 Å². The van der Waals surface area contributed by atoms with Gasteiger partial charge in [0.05, 0.1) is 12.3 Å². The van der Waals surface area contributed by atoms with Crippen molar-refractivity contribution in [3.8, 4) is 0 Å². The first-order valence-electron chi connectivity index (χ1n) is 5.87. The third kappa shape index (κ3) is 5.13. The minimum Gasteiger partial charge on any atom is -0.380 e. The standard InChI is InChI=1S/C13H19F2NO/c1-10(2)6-8-17-9-7-16-12-5-3-4-11(14)13(12)15/h3-5,10,16H,6-9H2,1-2H3. The predicted molar refractivity (Wildman–Crippen MR) is 65.1 cm³/mol. The van der Waals surface area contributed by atoms with Crippen molar-refractivity contribution in [3.63, 3.8) is 0 Å². The second-order valence-electron chi connectivity index (χ2n) is 4.32. The molecule has 0 fully saturated rings. The Balaban J connectivity index is 2.20. The fourth-order valence-corrected chi connectivity index (χ4v) is 1.32. The molecule has 0 unspecified atom stereocenters. The van der Waals surface area contributed by atoms with Crippen LogP contribution in [0, 0.1) is 17.6 Å². The zero-order valence-corrected chi connectivity index (χ0v) is 10.3. The number of halogens is 2. The number of hydrogen-bond donors (Lipinski definition) is 1. The number of anilines is 1. The lowest BCUT2D eigenvalue weighted by Gasteiger charge is -2.09. The maximum atomic E-state index is 13.2. The van der Waals surface area contributed by atoms with Crippen molar-refractivity contribution in [3.05, 3.63) is 29.8 Å². The highest BCUT2D eigenvalue weighted by Crippen LogP contribution is 2.15. The summed E-state index contributed by atoms with van der Waals surface area (Å²) in [4.78, 5) is 0. The van der Waals surface area contributed by atoms with Gasteiger partial charge >= 0.3 is 0 Å². The molecule has 0 spiro atoms. The van der Waals surface area contributed by atoms with Crippen LogP contribution in [0.1, 0.15) is 20.3 Å². The van der Waals surface area contributed by atoms with Gasteiger partial charge in [-0.1, -0.05) is 19.9 Å². The van der Waals surface area contributed by atoms with E-state index in [-0.39, 0.29) is 5.69 Å². The van der Waals surface area contributed by atoms with Gasteiger partial charge in [-0.15, -0.1) is 0 Å². The average molecular weight is 243 g/mol. The molecule has 0 aliphatic heterocycles. The zero-order valence-electron chi connectivity index (χ0n) is 10.3. The first-order chi connectivity index (χ1) is 8.11. The summed E-state index contributed by atoms with van der Waals surface area (Å²) in [6, 6.07) is 4.08. The lowest BCUT2D eigenvalue weighted by atomic mass is 10.1. The molecule has 2 nitrogen and oxygen atoms in total. The SMILES string of the molecule is CC(C)CCOCCNc1cccc(F)c1F. The summed E-state index contributed by atoms with van der Waals surface area (Å²) in [5, 5.41) is 2.80. The monoisotopic (exact) mass is 243 g/mol. The fourth-order valence-electron chi connectivity index (χ4n) is 1.32. The lowest BCUT2D eigenvalue weighted by Crippen LogP contribution is -2.12. The van der Waals surface area contributed by atoms with E-state index in [2.05, 4.69) is 19.2 Å². The lowest BCUT2D eigenvalue weighted by molar-refractivity contribution is 0.132. The van der Waals surface area contributed by atoms with Gasteiger partial charge < -0.3 is 10.1 Å². The third-order valence-electron chi connectivity index (χ3n) is 2.35. The second-order valence-corrected chi connectivity index (χ2v) is 4.32. The van der Waals surface area contributed by atoms with E-state index < -0.39 is 11.6 Å². The molecule has 1 aromatic carbocycles. The first-order valence-corrected chi connectivity index (χ1v) is 5.87. The summed E-state index contributed by atoms with van der Waals surface area (Å²) in [5.41, 5.74) is 0.178. The molecule has 0 bridgehead atoms. The Morgan fingerprint density at radius 2 is 2.00 bits per heavy atom. The molecule has 1 rings (SSSR count). The number of hydrogen-bond acceptors (Lipinski definition) is 2. The van der Waals surface area contributed by atoms with Crippen LogP contribution < -0.4 is 5.32 Å². The Labute approximate surface area is 101 Å². The molecule has 1 N–H and O–H groups in total. The van der Waals surface area contributed by atoms with Crippen LogP contribution in [0.4, 0.5) is 14.5 Å². The van der Waals surface area contributed by atoms with Crippen molar-refractivity contribution in [2.24, 2.45) is 5.92 Å². The van der Waals surface area contributed by atoms with Gasteiger partial charge in [-0.05, 0) is 24.5 Å². The summed E-state index contributed by atoms with van der Waals surface area (Å²) < 4.78 is 31.4. The highest BCUT2D eigenvalue weighted by Gasteiger charge is 2.06. The van der Waals surface area contributed by atoms with E-state index in [1.54, 1.807) is 0 Å². The van der Waals surface area contributed by atoms with Gasteiger partial charge in [0.2, 0.25) is 0 Å². The normalized spacial score (nSPS) is 10.9. The molecule has 0 heterocycles. The van der Waals surface area contributed by atoms with Crippen molar-refractivity contribution in [1.29, 1.82) is 0 Å². The van der Waals surface area contributed by atoms with E-state index in [1.165, 1.54) is 12.1 Å². The van der Waals surface area contributed by atoms with Crippen LogP contribution in [-0.2, 0) is 4.74 Å². The molecule has 4 heteroatoms. The third-order valence-corrected chi connectivity index (χ3v) is 2.35. The smallest absolute Gasteiger partial charge is 0.181 e. The van der Waals surface area contributed by atoms with Crippen molar-refractivity contribution in [1.82, 2.24) is 0 Å². The van der Waals surface area contributed by atoms with E-state index >= 15 is 0 Å². The Kier molecular flexibility index (Phi) is 5.91.